The van der Waals surface area contributed by atoms with E-state index in [1.807, 2.05) is 41.3 Å². The first-order valence-corrected chi connectivity index (χ1v) is 12.6. The van der Waals surface area contributed by atoms with E-state index in [-0.39, 0.29) is 5.91 Å². The average Bonchev–Trinajstić information content (AvgIpc) is 2.85. The third-order valence-corrected chi connectivity index (χ3v) is 6.91. The number of nitrogens with zero attached hydrogens (tertiary/aromatic N) is 2. The lowest BCUT2D eigenvalue weighted by Gasteiger charge is -2.38. The Hall–Kier alpha value is -2.57. The molecule has 6 heteroatoms. The van der Waals surface area contributed by atoms with Crippen LogP contribution in [0.25, 0.3) is 0 Å². The second kappa shape index (κ2) is 11.7. The molecule has 2 heterocycles. The van der Waals surface area contributed by atoms with Crippen LogP contribution >= 0.6 is 0 Å². The molecule has 1 amide bonds. The van der Waals surface area contributed by atoms with Crippen molar-refractivity contribution in [2.45, 2.75) is 57.6 Å². The summed E-state index contributed by atoms with van der Waals surface area (Å²) in [5, 5.41) is 10.9. The summed E-state index contributed by atoms with van der Waals surface area (Å²) in [4.78, 5) is 16.2. The molecule has 4 rings (SSSR count). The van der Waals surface area contributed by atoms with Crippen LogP contribution in [0.1, 0.15) is 49.7 Å². The number of rotatable bonds is 10. The van der Waals surface area contributed by atoms with E-state index >= 15 is 0 Å². The third kappa shape index (κ3) is 7.21. The first kappa shape index (κ1) is 24.6. The molecule has 0 bridgehead atoms. The van der Waals surface area contributed by atoms with Crippen LogP contribution in [0.3, 0.4) is 0 Å². The quantitative estimate of drug-likeness (QED) is 0.532. The molecule has 2 fully saturated rings. The Morgan fingerprint density at radius 2 is 1.59 bits per heavy atom. The van der Waals surface area contributed by atoms with Gasteiger partial charge in [0.1, 0.15) is 23.7 Å². The van der Waals surface area contributed by atoms with Gasteiger partial charge in [0.25, 0.3) is 0 Å². The van der Waals surface area contributed by atoms with Crippen LogP contribution in [0.5, 0.6) is 11.5 Å². The normalized spacial score (nSPS) is 18.6. The summed E-state index contributed by atoms with van der Waals surface area (Å²) in [6, 6.07) is 16.2. The van der Waals surface area contributed by atoms with Gasteiger partial charge < -0.3 is 19.5 Å². The highest BCUT2D eigenvalue weighted by atomic mass is 16.5. The highest BCUT2D eigenvalue weighted by molar-refractivity contribution is 5.76. The Morgan fingerprint density at radius 1 is 0.912 bits per heavy atom. The summed E-state index contributed by atoms with van der Waals surface area (Å²) in [5.41, 5.74) is 1.68. The van der Waals surface area contributed by atoms with Crippen molar-refractivity contribution in [3.05, 3.63) is 59.7 Å². The van der Waals surface area contributed by atoms with Gasteiger partial charge in [-0.15, -0.1) is 0 Å². The molecule has 34 heavy (non-hydrogen) atoms. The second-order valence-corrected chi connectivity index (χ2v) is 9.79. The van der Waals surface area contributed by atoms with Crippen LogP contribution in [0.2, 0.25) is 0 Å². The van der Waals surface area contributed by atoms with E-state index in [9.17, 15) is 9.90 Å². The largest absolute Gasteiger partial charge is 0.494 e. The fourth-order valence-corrected chi connectivity index (χ4v) is 4.62. The molecule has 0 saturated carbocycles. The number of ether oxygens (including phenoxy) is 2. The zero-order chi connectivity index (χ0) is 23.8. The molecule has 0 atom stereocenters. The molecule has 2 aromatic rings. The fourth-order valence-electron chi connectivity index (χ4n) is 4.62. The zero-order valence-corrected chi connectivity index (χ0v) is 20.4. The van der Waals surface area contributed by atoms with Crippen molar-refractivity contribution in [1.82, 2.24) is 9.80 Å². The molecule has 0 aliphatic carbocycles. The predicted octanol–water partition coefficient (Wildman–Crippen LogP) is 4.18. The Balaban J connectivity index is 1.14. The van der Waals surface area contributed by atoms with Crippen LogP contribution in [0, 0.1) is 6.92 Å². The van der Waals surface area contributed by atoms with Crippen LogP contribution in [-0.4, -0.2) is 65.8 Å². The van der Waals surface area contributed by atoms with Gasteiger partial charge in [-0.25, -0.2) is 0 Å². The van der Waals surface area contributed by atoms with E-state index < -0.39 is 5.60 Å². The van der Waals surface area contributed by atoms with Crippen molar-refractivity contribution in [2.75, 3.05) is 39.4 Å². The van der Waals surface area contributed by atoms with Crippen LogP contribution in [0.15, 0.2) is 48.5 Å². The summed E-state index contributed by atoms with van der Waals surface area (Å²) in [7, 11) is 0. The number of carbonyl (C=O) groups excluding carboxylic acids is 1. The van der Waals surface area contributed by atoms with Gasteiger partial charge >= 0.3 is 0 Å². The van der Waals surface area contributed by atoms with E-state index in [4.69, 9.17) is 9.47 Å². The molecule has 2 aliphatic heterocycles. The van der Waals surface area contributed by atoms with Crippen molar-refractivity contribution in [1.29, 1.82) is 0 Å². The number of aryl methyl sites for hydroxylation is 1. The first-order chi connectivity index (χ1) is 16.5. The highest BCUT2D eigenvalue weighted by Gasteiger charge is 2.33. The summed E-state index contributed by atoms with van der Waals surface area (Å²) in [6.45, 7) is 7.25. The smallest absolute Gasteiger partial charge is 0.222 e. The van der Waals surface area contributed by atoms with Crippen molar-refractivity contribution in [3.63, 3.8) is 0 Å². The number of hydrogen-bond donors (Lipinski definition) is 1. The van der Waals surface area contributed by atoms with Crippen molar-refractivity contribution in [2.24, 2.45) is 0 Å². The van der Waals surface area contributed by atoms with Crippen LogP contribution in [0.4, 0.5) is 0 Å². The van der Waals surface area contributed by atoms with Gasteiger partial charge in [-0.1, -0.05) is 29.8 Å². The Labute approximate surface area is 203 Å². The summed E-state index contributed by atoms with van der Waals surface area (Å²) in [6.07, 6.45) is 5.11. The standard InChI is InChI=1S/C28H38N2O4/c1-23-6-10-26(11-7-23)34-22-28(32)14-18-29(19-15-28)21-24-8-12-25(13-9-24)33-20-4-17-30-16-3-2-5-27(30)31/h6-13,32H,2-5,14-22H2,1H3. The molecule has 0 radical (unpaired) electrons. The molecule has 0 spiro atoms. The maximum Gasteiger partial charge on any atom is 0.222 e. The number of piperidine rings is 2. The van der Waals surface area contributed by atoms with Crippen molar-refractivity contribution >= 4 is 5.91 Å². The monoisotopic (exact) mass is 466 g/mol. The summed E-state index contributed by atoms with van der Waals surface area (Å²) < 4.78 is 11.7. The lowest BCUT2D eigenvalue weighted by atomic mass is 9.92. The van der Waals surface area contributed by atoms with Gasteiger partial charge in [-0.3, -0.25) is 9.69 Å². The molecule has 2 saturated heterocycles. The molecule has 2 aliphatic rings. The molecule has 2 aromatic carbocycles. The molecule has 6 nitrogen and oxygen atoms in total. The molecule has 184 valence electrons. The lowest BCUT2D eigenvalue weighted by Crippen LogP contribution is -2.47. The van der Waals surface area contributed by atoms with E-state index in [1.54, 1.807) is 0 Å². The minimum Gasteiger partial charge on any atom is -0.494 e. The van der Waals surface area contributed by atoms with Crippen LogP contribution < -0.4 is 9.47 Å². The Bertz CT molecular complexity index is 905. The minimum atomic E-state index is -0.766. The molecular weight excluding hydrogens is 428 g/mol. The van der Waals surface area contributed by atoms with Gasteiger partial charge in [-0.2, -0.15) is 0 Å². The number of carbonyl (C=O) groups is 1. The van der Waals surface area contributed by atoms with E-state index in [0.717, 1.165) is 63.5 Å². The number of likely N-dealkylation sites (tertiary alicyclic amines) is 2. The van der Waals surface area contributed by atoms with Gasteiger partial charge in [-0.05, 0) is 68.9 Å². The predicted molar refractivity (Wildman–Crippen MR) is 133 cm³/mol. The van der Waals surface area contributed by atoms with Gasteiger partial charge in [0.2, 0.25) is 5.91 Å². The maximum atomic E-state index is 11.9. The topological polar surface area (TPSA) is 62.2 Å². The Kier molecular flexibility index (Phi) is 8.46. The lowest BCUT2D eigenvalue weighted by molar-refractivity contribution is -0.133. The van der Waals surface area contributed by atoms with E-state index in [2.05, 4.69) is 24.0 Å². The highest BCUT2D eigenvalue weighted by Crippen LogP contribution is 2.25. The number of benzene rings is 2. The summed E-state index contributed by atoms with van der Waals surface area (Å²) >= 11 is 0. The van der Waals surface area contributed by atoms with Gasteiger partial charge in [0, 0.05) is 39.1 Å². The third-order valence-electron chi connectivity index (χ3n) is 6.91. The van der Waals surface area contributed by atoms with Gasteiger partial charge in [0.15, 0.2) is 0 Å². The van der Waals surface area contributed by atoms with Crippen molar-refractivity contribution in [3.8, 4) is 11.5 Å². The molecule has 0 unspecified atom stereocenters. The van der Waals surface area contributed by atoms with E-state index in [0.29, 0.717) is 32.5 Å². The zero-order valence-electron chi connectivity index (χ0n) is 20.4. The van der Waals surface area contributed by atoms with E-state index in [1.165, 1.54) is 11.1 Å². The fraction of sp³-hybridized carbons (Fsp3) is 0.536. The minimum absolute atomic E-state index is 0.283. The Morgan fingerprint density at radius 3 is 2.29 bits per heavy atom. The average molecular weight is 467 g/mol. The molecule has 0 aromatic heterocycles. The molecule has 1 N–H and O–H groups in total. The van der Waals surface area contributed by atoms with Crippen LogP contribution in [-0.2, 0) is 11.3 Å². The number of aliphatic hydroxyl groups is 1. The maximum absolute atomic E-state index is 11.9. The summed E-state index contributed by atoms with van der Waals surface area (Å²) in [5.74, 6) is 1.96. The first-order valence-electron chi connectivity index (χ1n) is 12.6. The number of hydrogen-bond acceptors (Lipinski definition) is 5. The molecular formula is C28H38N2O4. The second-order valence-electron chi connectivity index (χ2n) is 9.79. The SMILES string of the molecule is Cc1ccc(OCC2(O)CCN(Cc3ccc(OCCCN4CCCCC4=O)cc3)CC2)cc1. The van der Waals surface area contributed by atoms with Gasteiger partial charge in [0.05, 0.1) is 6.61 Å². The number of amides is 1. The van der Waals surface area contributed by atoms with Crippen molar-refractivity contribution < 1.29 is 19.4 Å².